The minimum Gasteiger partial charge on any atom is -0.481 e. The third-order valence-corrected chi connectivity index (χ3v) is 5.06. The van der Waals surface area contributed by atoms with Crippen LogP contribution in [-0.4, -0.2) is 55.3 Å². The van der Waals surface area contributed by atoms with Gasteiger partial charge in [-0.2, -0.15) is 0 Å². The highest BCUT2D eigenvalue weighted by atomic mass is 16.5. The summed E-state index contributed by atoms with van der Waals surface area (Å²) < 4.78 is 5.80. The summed E-state index contributed by atoms with van der Waals surface area (Å²) in [5.74, 6) is -1.52. The number of rotatable bonds is 20. The number of carbonyl (C=O) groups is 2. The first-order chi connectivity index (χ1) is 16.2. The zero-order valence-corrected chi connectivity index (χ0v) is 22.0. The molecule has 0 saturated heterocycles. The summed E-state index contributed by atoms with van der Waals surface area (Å²) in [5.41, 5.74) is 0. The average molecular weight is 475 g/mol. The molecular formula is C29H48NO4+. The van der Waals surface area contributed by atoms with Crippen molar-refractivity contribution in [2.75, 3.05) is 27.7 Å². The van der Waals surface area contributed by atoms with Crippen LogP contribution in [0.25, 0.3) is 0 Å². The van der Waals surface area contributed by atoms with Gasteiger partial charge in [-0.15, -0.1) is 0 Å². The highest BCUT2D eigenvalue weighted by Crippen LogP contribution is 2.10. The maximum atomic E-state index is 11.9. The predicted octanol–water partition coefficient (Wildman–Crippen LogP) is 6.78. The molecule has 0 rings (SSSR count). The third-order valence-electron chi connectivity index (χ3n) is 5.06. The van der Waals surface area contributed by atoms with Crippen LogP contribution in [0.4, 0.5) is 0 Å². The Bertz CT molecular complexity index is 681. The van der Waals surface area contributed by atoms with E-state index in [9.17, 15) is 9.59 Å². The Kier molecular flexibility index (Phi) is 19.7. The maximum Gasteiger partial charge on any atom is 0.331 e. The van der Waals surface area contributed by atoms with E-state index in [0.29, 0.717) is 11.0 Å². The molecule has 0 aliphatic rings. The molecule has 0 amide bonds. The van der Waals surface area contributed by atoms with Crippen molar-refractivity contribution in [1.29, 1.82) is 0 Å². The third kappa shape index (κ3) is 24.2. The van der Waals surface area contributed by atoms with E-state index in [-0.39, 0.29) is 6.42 Å². The van der Waals surface area contributed by atoms with Crippen LogP contribution in [-0.2, 0) is 14.3 Å². The molecular weight excluding hydrogens is 426 g/mol. The second-order valence-electron chi connectivity index (χ2n) is 9.69. The standard InChI is InChI=1S/C29H47NO4/c1-5-6-7-8-9-10-11-12-13-14-15-16-17-18-19-20-21-22-23-24-29(33)34-27(25-28(31)32)26-30(2,3)4/h15-24,27H,5-14,25-26H2,1-4H3/p+1. The van der Waals surface area contributed by atoms with E-state index in [1.54, 1.807) is 12.2 Å². The normalized spacial score (nSPS) is 13.8. The molecule has 0 fully saturated rings. The molecule has 0 aromatic rings. The number of carboxylic acids is 1. The lowest BCUT2D eigenvalue weighted by molar-refractivity contribution is -0.873. The van der Waals surface area contributed by atoms with Gasteiger partial charge >= 0.3 is 11.9 Å². The smallest absolute Gasteiger partial charge is 0.331 e. The number of carboxylic acid groups (broad SMARTS) is 1. The van der Waals surface area contributed by atoms with Crippen molar-refractivity contribution in [1.82, 2.24) is 0 Å². The van der Waals surface area contributed by atoms with Crippen molar-refractivity contribution in [3.05, 3.63) is 60.8 Å². The highest BCUT2D eigenvalue weighted by molar-refractivity contribution is 5.82. The SMILES string of the molecule is CCCCCCCCCCCC=CC=CC=CC=CC=CC(=O)OC(CC(=O)O)C[N+](C)(C)C. The van der Waals surface area contributed by atoms with Crippen molar-refractivity contribution in [3.63, 3.8) is 0 Å². The fourth-order valence-electron chi connectivity index (χ4n) is 3.42. The number of hydrogen-bond donors (Lipinski definition) is 1. The van der Waals surface area contributed by atoms with E-state index in [2.05, 4.69) is 19.1 Å². The van der Waals surface area contributed by atoms with Gasteiger partial charge in [0.15, 0.2) is 6.10 Å². The number of ether oxygens (including phenoxy) is 1. The highest BCUT2D eigenvalue weighted by Gasteiger charge is 2.23. The van der Waals surface area contributed by atoms with Gasteiger partial charge in [-0.25, -0.2) is 4.79 Å². The van der Waals surface area contributed by atoms with Crippen LogP contribution >= 0.6 is 0 Å². The van der Waals surface area contributed by atoms with Crippen molar-refractivity contribution < 1.29 is 23.9 Å². The number of likely N-dealkylation sites (N-methyl/N-ethyl adjacent to an activating group) is 1. The Morgan fingerprint density at radius 1 is 0.765 bits per heavy atom. The van der Waals surface area contributed by atoms with Crippen molar-refractivity contribution >= 4 is 11.9 Å². The van der Waals surface area contributed by atoms with Crippen LogP contribution < -0.4 is 0 Å². The molecule has 0 radical (unpaired) electrons. The Hall–Kier alpha value is -2.40. The molecule has 1 unspecified atom stereocenters. The minimum atomic E-state index is -0.980. The summed E-state index contributed by atoms with van der Waals surface area (Å²) in [6.07, 6.45) is 31.0. The van der Waals surface area contributed by atoms with Gasteiger partial charge in [0.05, 0.1) is 27.6 Å². The summed E-state index contributed by atoms with van der Waals surface area (Å²) in [6.45, 7) is 2.69. The fraction of sp³-hybridized carbons (Fsp3) is 0.586. The van der Waals surface area contributed by atoms with Crippen molar-refractivity contribution in [3.8, 4) is 0 Å². The van der Waals surface area contributed by atoms with Gasteiger partial charge in [0.2, 0.25) is 0 Å². The number of allylic oxidation sites excluding steroid dienone is 9. The summed E-state index contributed by atoms with van der Waals surface area (Å²) in [5, 5.41) is 8.99. The van der Waals surface area contributed by atoms with Crippen LogP contribution in [0.1, 0.15) is 77.6 Å². The fourth-order valence-corrected chi connectivity index (χ4v) is 3.42. The largest absolute Gasteiger partial charge is 0.481 e. The Balaban J connectivity index is 3.98. The zero-order valence-electron chi connectivity index (χ0n) is 22.0. The molecule has 1 atom stereocenters. The lowest BCUT2D eigenvalue weighted by Gasteiger charge is -2.28. The van der Waals surface area contributed by atoms with Crippen molar-refractivity contribution in [2.45, 2.75) is 83.7 Å². The Morgan fingerprint density at radius 3 is 1.79 bits per heavy atom. The lowest BCUT2D eigenvalue weighted by atomic mass is 10.1. The van der Waals surface area contributed by atoms with E-state index < -0.39 is 18.0 Å². The molecule has 0 bridgehead atoms. The van der Waals surface area contributed by atoms with Crippen molar-refractivity contribution in [2.24, 2.45) is 0 Å². The second-order valence-corrected chi connectivity index (χ2v) is 9.69. The van der Waals surface area contributed by atoms with Crippen LogP contribution in [0.15, 0.2) is 60.8 Å². The summed E-state index contributed by atoms with van der Waals surface area (Å²) >= 11 is 0. The molecule has 0 saturated carbocycles. The van der Waals surface area contributed by atoms with Crippen LogP contribution in [0.5, 0.6) is 0 Å². The number of quaternary nitrogens is 1. The topological polar surface area (TPSA) is 63.6 Å². The Morgan fingerprint density at radius 2 is 1.26 bits per heavy atom. The van der Waals surface area contributed by atoms with E-state index in [0.717, 1.165) is 6.42 Å². The molecule has 0 spiro atoms. The molecule has 1 N–H and O–H groups in total. The predicted molar refractivity (Wildman–Crippen MR) is 143 cm³/mol. The van der Waals surface area contributed by atoms with Gasteiger partial charge in [0.1, 0.15) is 6.54 Å². The minimum absolute atomic E-state index is 0.201. The van der Waals surface area contributed by atoms with Crippen LogP contribution in [0.3, 0.4) is 0 Å². The van der Waals surface area contributed by atoms with Gasteiger partial charge in [0.25, 0.3) is 0 Å². The van der Waals surface area contributed by atoms with Gasteiger partial charge < -0.3 is 14.3 Å². The summed E-state index contributed by atoms with van der Waals surface area (Å²) in [7, 11) is 5.78. The number of unbranched alkanes of at least 4 members (excludes halogenated alkanes) is 9. The van der Waals surface area contributed by atoms with E-state index in [4.69, 9.17) is 9.84 Å². The number of aliphatic carboxylic acids is 1. The van der Waals surface area contributed by atoms with Gasteiger partial charge in [-0.3, -0.25) is 4.79 Å². The number of carbonyl (C=O) groups excluding carboxylic acids is 1. The molecule has 34 heavy (non-hydrogen) atoms. The molecule has 0 aromatic carbocycles. The number of nitrogens with zero attached hydrogens (tertiary/aromatic N) is 1. The van der Waals surface area contributed by atoms with Gasteiger partial charge in [-0.1, -0.05) is 113 Å². The quantitative estimate of drug-likeness (QED) is 0.0694. The van der Waals surface area contributed by atoms with Gasteiger partial charge in [0, 0.05) is 6.08 Å². The number of esters is 1. The molecule has 0 aliphatic heterocycles. The van der Waals surface area contributed by atoms with E-state index in [1.807, 2.05) is 51.5 Å². The zero-order chi connectivity index (χ0) is 25.5. The molecule has 0 aromatic heterocycles. The molecule has 192 valence electrons. The van der Waals surface area contributed by atoms with Gasteiger partial charge in [-0.05, 0) is 12.8 Å². The molecule has 5 nitrogen and oxygen atoms in total. The van der Waals surface area contributed by atoms with E-state index in [1.165, 1.54) is 63.9 Å². The molecule has 0 aliphatic carbocycles. The second kappa shape index (κ2) is 21.2. The summed E-state index contributed by atoms with van der Waals surface area (Å²) in [6, 6.07) is 0. The molecule has 5 heteroatoms. The summed E-state index contributed by atoms with van der Waals surface area (Å²) in [4.78, 5) is 22.9. The molecule has 0 heterocycles. The van der Waals surface area contributed by atoms with E-state index >= 15 is 0 Å². The van der Waals surface area contributed by atoms with Crippen LogP contribution in [0, 0.1) is 0 Å². The first kappa shape index (κ1) is 31.6. The number of hydrogen-bond acceptors (Lipinski definition) is 3. The first-order valence-corrected chi connectivity index (χ1v) is 12.8. The van der Waals surface area contributed by atoms with Crippen LogP contribution in [0.2, 0.25) is 0 Å². The maximum absolute atomic E-state index is 11.9. The Labute approximate surface area is 208 Å². The average Bonchev–Trinajstić information content (AvgIpc) is 2.73. The lowest BCUT2D eigenvalue weighted by Crippen LogP contribution is -2.43. The first-order valence-electron chi connectivity index (χ1n) is 12.8. The monoisotopic (exact) mass is 474 g/mol.